The number of halogens is 3. The van der Waals surface area contributed by atoms with Gasteiger partial charge in [0, 0.05) is 14.7 Å². The lowest BCUT2D eigenvalue weighted by molar-refractivity contribution is -0.139. The molecule has 0 radical (unpaired) electrons. The molecule has 0 bridgehead atoms. The number of hydrogen-bond donors (Lipinski definition) is 0. The molecule has 0 spiro atoms. The monoisotopic (exact) mass is 836 g/mol. The molecule has 0 fully saturated rings. The molecule has 0 unspecified atom stereocenters. The Morgan fingerprint density at radius 2 is 1.89 bits per heavy atom. The normalized spacial score (nSPS) is 14.6. The van der Waals surface area contributed by atoms with Crippen molar-refractivity contribution in [3.05, 3.63) is 134 Å². The Morgan fingerprint density at radius 3 is 2.59 bits per heavy atom. The Hall–Kier alpha value is -3.30. The first-order valence-electron chi connectivity index (χ1n) is 13.6. The number of rotatable bonds is 10. The van der Waals surface area contributed by atoms with E-state index in [-0.39, 0.29) is 24.6 Å². The van der Waals surface area contributed by atoms with E-state index in [2.05, 4.69) is 56.8 Å². The Morgan fingerprint density at radius 1 is 1.14 bits per heavy atom. The number of carbonyl (C=O) groups excluding carboxylic acids is 1. The van der Waals surface area contributed by atoms with Gasteiger partial charge in [-0.1, -0.05) is 54.3 Å². The quantitative estimate of drug-likeness (QED) is 0.107. The number of allylic oxidation sites excluding steroid dienone is 1. The summed E-state index contributed by atoms with van der Waals surface area (Å²) >= 11 is 5.61. The number of nitrogens with zero attached hydrogens (tertiary/aromatic N) is 2. The molecule has 1 aromatic heterocycles. The van der Waals surface area contributed by atoms with Crippen molar-refractivity contribution >= 4 is 68.6 Å². The fourth-order valence-corrected chi connectivity index (χ4v) is 7.84. The number of aromatic nitrogens is 1. The van der Waals surface area contributed by atoms with Crippen molar-refractivity contribution in [3.8, 4) is 11.5 Å². The summed E-state index contributed by atoms with van der Waals surface area (Å²) < 4.78 is 35.2. The third kappa shape index (κ3) is 6.84. The predicted molar refractivity (Wildman–Crippen MR) is 185 cm³/mol. The van der Waals surface area contributed by atoms with Gasteiger partial charge >= 0.3 is 5.97 Å². The molecule has 0 amide bonds. The van der Waals surface area contributed by atoms with Crippen LogP contribution in [-0.2, 0) is 16.1 Å². The summed E-state index contributed by atoms with van der Waals surface area (Å²) in [5.41, 5.74) is 2.27. The van der Waals surface area contributed by atoms with Gasteiger partial charge in [0.2, 0.25) is 0 Å². The molecule has 1 atom stereocenters. The van der Waals surface area contributed by atoms with Crippen LogP contribution in [0, 0.1) is 13.0 Å². The van der Waals surface area contributed by atoms with Crippen LogP contribution in [0.15, 0.2) is 94.4 Å². The molecule has 3 aromatic carbocycles. The van der Waals surface area contributed by atoms with Crippen LogP contribution in [0.4, 0.5) is 4.39 Å². The molecule has 0 N–H and O–H groups in total. The van der Waals surface area contributed by atoms with Crippen LogP contribution in [0.1, 0.15) is 36.6 Å². The SMILES string of the molecule is C=CCOc1ccc([C@@H]2C(C(=O)OCC)=C(C)N=c3s/c(=C\c4cc(I)cc(I)c4OCc4ccccc4F)c(=O)n32)cc1. The van der Waals surface area contributed by atoms with Crippen molar-refractivity contribution in [1.29, 1.82) is 0 Å². The first-order valence-corrected chi connectivity index (χ1v) is 16.6. The second-order valence-electron chi connectivity index (χ2n) is 9.66. The van der Waals surface area contributed by atoms with Gasteiger partial charge in [-0.3, -0.25) is 9.36 Å². The molecule has 11 heteroatoms. The van der Waals surface area contributed by atoms with Crippen LogP contribution in [0.25, 0.3) is 6.08 Å². The van der Waals surface area contributed by atoms with E-state index in [4.69, 9.17) is 14.2 Å². The van der Waals surface area contributed by atoms with E-state index < -0.39 is 12.0 Å². The molecule has 1 aliphatic rings. The Labute approximate surface area is 284 Å². The highest BCUT2D eigenvalue weighted by Crippen LogP contribution is 2.33. The van der Waals surface area contributed by atoms with Crippen LogP contribution in [0.5, 0.6) is 11.5 Å². The molecule has 44 heavy (non-hydrogen) atoms. The van der Waals surface area contributed by atoms with Gasteiger partial charge in [0.15, 0.2) is 4.80 Å². The highest BCUT2D eigenvalue weighted by atomic mass is 127. The highest BCUT2D eigenvalue weighted by molar-refractivity contribution is 14.1. The van der Waals surface area contributed by atoms with Crippen molar-refractivity contribution in [2.24, 2.45) is 4.99 Å². The second kappa shape index (κ2) is 14.2. The van der Waals surface area contributed by atoms with E-state index >= 15 is 0 Å². The summed E-state index contributed by atoms with van der Waals surface area (Å²) in [4.78, 5) is 32.5. The number of benzene rings is 3. The molecule has 0 saturated carbocycles. The molecular weight excluding hydrogens is 809 g/mol. The zero-order valence-electron chi connectivity index (χ0n) is 23.8. The van der Waals surface area contributed by atoms with E-state index in [1.807, 2.05) is 24.3 Å². The molecule has 226 valence electrons. The van der Waals surface area contributed by atoms with Crippen LogP contribution in [-0.4, -0.2) is 23.8 Å². The molecule has 0 aliphatic carbocycles. The maximum Gasteiger partial charge on any atom is 0.338 e. The minimum Gasteiger partial charge on any atom is -0.490 e. The predicted octanol–water partition coefficient (Wildman–Crippen LogP) is 6.29. The standard InChI is InChI=1S/C33H27FI2N2O5S/c1-4-14-42-24-12-10-20(11-13-24)29-28(32(40)41-5-2)19(3)37-33-38(29)31(39)27(44-33)16-22-15-23(35)17-26(36)30(22)43-18-21-8-6-7-9-25(21)34/h4,6-13,15-17,29H,1,5,14,18H2,2-3H3/b27-16-/t29-/m1/s1. The zero-order chi connectivity index (χ0) is 31.4. The summed E-state index contributed by atoms with van der Waals surface area (Å²) in [5.74, 6) is 0.290. The van der Waals surface area contributed by atoms with Gasteiger partial charge in [0.25, 0.3) is 5.56 Å². The van der Waals surface area contributed by atoms with Crippen molar-refractivity contribution < 1.29 is 23.4 Å². The average molecular weight is 836 g/mol. The van der Waals surface area contributed by atoms with Crippen molar-refractivity contribution in [3.63, 3.8) is 0 Å². The number of hydrogen-bond acceptors (Lipinski definition) is 7. The Balaban J connectivity index is 1.63. The van der Waals surface area contributed by atoms with E-state index in [0.717, 1.165) is 7.14 Å². The molecule has 7 nitrogen and oxygen atoms in total. The fourth-order valence-electron chi connectivity index (χ4n) is 4.75. The summed E-state index contributed by atoms with van der Waals surface area (Å²) in [7, 11) is 0. The van der Waals surface area contributed by atoms with Crippen LogP contribution >= 0.6 is 56.5 Å². The first-order chi connectivity index (χ1) is 21.2. The van der Waals surface area contributed by atoms with Gasteiger partial charge in [-0.05, 0) is 101 Å². The Kier molecular flexibility index (Phi) is 10.4. The fraction of sp³-hybridized carbons (Fsp3) is 0.182. The molecule has 1 aliphatic heterocycles. The van der Waals surface area contributed by atoms with Gasteiger partial charge in [-0.15, -0.1) is 0 Å². The number of fused-ring (bicyclic) bond motifs is 1. The van der Waals surface area contributed by atoms with Gasteiger partial charge in [0.05, 0.1) is 32.0 Å². The third-order valence-corrected chi connectivity index (χ3v) is 9.14. The van der Waals surface area contributed by atoms with Gasteiger partial charge in [-0.25, -0.2) is 14.2 Å². The van der Waals surface area contributed by atoms with E-state index in [1.54, 1.807) is 56.3 Å². The number of ether oxygens (including phenoxy) is 3. The van der Waals surface area contributed by atoms with Crippen molar-refractivity contribution in [1.82, 2.24) is 4.57 Å². The molecule has 0 saturated heterocycles. The van der Waals surface area contributed by atoms with Crippen LogP contribution in [0.2, 0.25) is 0 Å². The maximum atomic E-state index is 14.3. The summed E-state index contributed by atoms with van der Waals surface area (Å²) in [6, 6.07) is 16.8. The molecule has 2 heterocycles. The maximum absolute atomic E-state index is 14.3. The van der Waals surface area contributed by atoms with E-state index in [1.165, 1.54) is 22.0 Å². The second-order valence-corrected chi connectivity index (χ2v) is 13.1. The number of esters is 1. The van der Waals surface area contributed by atoms with Crippen LogP contribution < -0.4 is 24.4 Å². The van der Waals surface area contributed by atoms with Crippen molar-refractivity contribution in [2.75, 3.05) is 13.2 Å². The minimum atomic E-state index is -0.756. The zero-order valence-corrected chi connectivity index (χ0v) is 28.9. The lowest BCUT2D eigenvalue weighted by Crippen LogP contribution is -2.39. The largest absolute Gasteiger partial charge is 0.490 e. The first kappa shape index (κ1) is 32.1. The molecule has 4 aromatic rings. The summed E-state index contributed by atoms with van der Waals surface area (Å²) in [6.07, 6.45) is 3.42. The summed E-state index contributed by atoms with van der Waals surface area (Å²) in [6.45, 7) is 7.72. The van der Waals surface area contributed by atoms with E-state index in [9.17, 15) is 14.0 Å². The number of thiazole rings is 1. The smallest absolute Gasteiger partial charge is 0.338 e. The highest BCUT2D eigenvalue weighted by Gasteiger charge is 2.33. The van der Waals surface area contributed by atoms with Gasteiger partial charge < -0.3 is 14.2 Å². The average Bonchev–Trinajstić information content (AvgIpc) is 3.29. The topological polar surface area (TPSA) is 79.1 Å². The van der Waals surface area contributed by atoms with Gasteiger partial charge in [0.1, 0.15) is 30.5 Å². The van der Waals surface area contributed by atoms with Crippen molar-refractivity contribution in [2.45, 2.75) is 26.5 Å². The lowest BCUT2D eigenvalue weighted by Gasteiger charge is -2.24. The molecular formula is C33H27FI2N2O5S. The summed E-state index contributed by atoms with van der Waals surface area (Å²) in [5, 5.41) is 0. The lowest BCUT2D eigenvalue weighted by atomic mass is 9.96. The molecule has 5 rings (SSSR count). The van der Waals surface area contributed by atoms with Gasteiger partial charge in [-0.2, -0.15) is 0 Å². The number of carbonyl (C=O) groups is 1. The third-order valence-electron chi connectivity index (χ3n) is 6.73. The van der Waals surface area contributed by atoms with E-state index in [0.29, 0.717) is 55.4 Å². The van der Waals surface area contributed by atoms with Crippen LogP contribution in [0.3, 0.4) is 0 Å². The Bertz CT molecular complexity index is 1950. The minimum absolute atomic E-state index is 0.0277.